The normalized spacial score (nSPS) is 16.7. The van der Waals surface area contributed by atoms with E-state index in [9.17, 15) is 4.79 Å². The van der Waals surface area contributed by atoms with Gasteiger partial charge in [0, 0.05) is 32.3 Å². The Kier molecular flexibility index (Phi) is 4.21. The lowest BCUT2D eigenvalue weighted by Crippen LogP contribution is -2.50. The summed E-state index contributed by atoms with van der Waals surface area (Å²) in [5.74, 6) is 1.34. The molecule has 3 heterocycles. The average Bonchev–Trinajstić information content (AvgIpc) is 3.08. The van der Waals surface area contributed by atoms with Gasteiger partial charge in [-0.1, -0.05) is 13.8 Å². The Morgan fingerprint density at radius 3 is 2.77 bits per heavy atom. The van der Waals surface area contributed by atoms with Crippen LogP contribution in [0.25, 0.3) is 0 Å². The van der Waals surface area contributed by atoms with Crippen molar-refractivity contribution in [2.75, 3.05) is 24.5 Å². The van der Waals surface area contributed by atoms with Crippen molar-refractivity contribution in [2.24, 2.45) is 7.05 Å². The molecule has 0 radical (unpaired) electrons. The van der Waals surface area contributed by atoms with Gasteiger partial charge in [-0.3, -0.25) is 14.4 Å². The summed E-state index contributed by atoms with van der Waals surface area (Å²) in [6.45, 7) is 6.78. The second kappa shape index (κ2) is 6.13. The zero-order valence-electron chi connectivity index (χ0n) is 13.1. The molecule has 1 saturated heterocycles. The fraction of sp³-hybridized carbons (Fsp3) is 0.571. The molecule has 1 fully saturated rings. The van der Waals surface area contributed by atoms with Gasteiger partial charge in [-0.05, 0) is 11.5 Å². The molecule has 0 saturated carbocycles. The highest BCUT2D eigenvalue weighted by Crippen LogP contribution is 2.19. The third kappa shape index (κ3) is 3.17. The summed E-state index contributed by atoms with van der Waals surface area (Å²) >= 11 is 1.43. The van der Waals surface area contributed by atoms with Crippen LogP contribution in [0.1, 0.15) is 30.6 Å². The van der Waals surface area contributed by atoms with Gasteiger partial charge in [0.1, 0.15) is 10.8 Å². The molecule has 0 spiro atoms. The van der Waals surface area contributed by atoms with E-state index in [2.05, 4.69) is 33.2 Å². The summed E-state index contributed by atoms with van der Waals surface area (Å²) < 4.78 is 6.08. The van der Waals surface area contributed by atoms with Gasteiger partial charge in [-0.15, -0.1) is 0 Å². The molecule has 2 aromatic heterocycles. The van der Waals surface area contributed by atoms with E-state index in [0.717, 1.165) is 23.1 Å². The van der Waals surface area contributed by atoms with Crippen LogP contribution in [-0.2, 0) is 18.4 Å². The van der Waals surface area contributed by atoms with Crippen molar-refractivity contribution in [3.8, 4) is 0 Å². The Bertz CT molecular complexity index is 664. The number of nitrogens with zero attached hydrogens (tertiary/aromatic N) is 6. The molecule has 2 aromatic rings. The van der Waals surface area contributed by atoms with Crippen LogP contribution in [0.3, 0.4) is 0 Å². The van der Waals surface area contributed by atoms with Crippen molar-refractivity contribution >= 4 is 23.1 Å². The molecule has 1 amide bonds. The van der Waals surface area contributed by atoms with Crippen LogP contribution in [0.4, 0.5) is 5.69 Å². The van der Waals surface area contributed by atoms with Crippen LogP contribution in [0.2, 0.25) is 0 Å². The minimum Gasteiger partial charge on any atom is -0.307 e. The molecular weight excluding hydrogens is 300 g/mol. The Morgan fingerprint density at radius 2 is 2.18 bits per heavy atom. The largest absolute Gasteiger partial charge is 0.307 e. The van der Waals surface area contributed by atoms with Crippen molar-refractivity contribution in [2.45, 2.75) is 26.3 Å². The summed E-state index contributed by atoms with van der Waals surface area (Å²) in [6, 6.07) is 0. The van der Waals surface area contributed by atoms with E-state index >= 15 is 0 Å². The van der Waals surface area contributed by atoms with E-state index in [1.807, 2.05) is 13.2 Å². The number of hydrogen-bond acceptors (Lipinski definition) is 6. The van der Waals surface area contributed by atoms with Crippen molar-refractivity contribution in [3.63, 3.8) is 0 Å². The van der Waals surface area contributed by atoms with Crippen LogP contribution < -0.4 is 4.90 Å². The molecule has 0 atom stereocenters. The van der Waals surface area contributed by atoms with E-state index in [-0.39, 0.29) is 5.91 Å². The fourth-order valence-electron chi connectivity index (χ4n) is 2.44. The maximum atomic E-state index is 12.3. The maximum absolute atomic E-state index is 12.3. The van der Waals surface area contributed by atoms with Crippen molar-refractivity contribution in [1.82, 2.24) is 24.0 Å². The molecule has 0 N–H and O–H groups in total. The molecule has 0 aromatic carbocycles. The molecule has 1 aliphatic rings. The van der Waals surface area contributed by atoms with Crippen LogP contribution in [0.15, 0.2) is 12.4 Å². The molecule has 22 heavy (non-hydrogen) atoms. The quantitative estimate of drug-likeness (QED) is 0.848. The Hall–Kier alpha value is -1.80. The minimum absolute atomic E-state index is 0.104. The van der Waals surface area contributed by atoms with Crippen molar-refractivity contribution in [1.29, 1.82) is 0 Å². The third-order valence-corrected chi connectivity index (χ3v) is 4.37. The molecule has 0 aliphatic carbocycles. The zero-order valence-corrected chi connectivity index (χ0v) is 13.9. The van der Waals surface area contributed by atoms with Crippen LogP contribution in [0.5, 0.6) is 0 Å². The summed E-state index contributed by atoms with van der Waals surface area (Å²) in [6.07, 6.45) is 3.60. The van der Waals surface area contributed by atoms with Crippen molar-refractivity contribution in [3.05, 3.63) is 23.2 Å². The van der Waals surface area contributed by atoms with Crippen LogP contribution >= 0.6 is 11.5 Å². The fourth-order valence-corrected chi connectivity index (χ4v) is 3.26. The van der Waals surface area contributed by atoms with Gasteiger partial charge < -0.3 is 4.90 Å². The topological polar surface area (TPSA) is 67.2 Å². The van der Waals surface area contributed by atoms with Gasteiger partial charge in [-0.25, -0.2) is 4.98 Å². The number of anilines is 1. The number of aromatic nitrogens is 4. The second-order valence-electron chi connectivity index (χ2n) is 5.83. The van der Waals surface area contributed by atoms with E-state index in [0.29, 0.717) is 25.6 Å². The minimum atomic E-state index is 0.104. The summed E-state index contributed by atoms with van der Waals surface area (Å²) in [4.78, 5) is 20.8. The van der Waals surface area contributed by atoms with Gasteiger partial charge in [0.05, 0.1) is 25.0 Å². The van der Waals surface area contributed by atoms with Gasteiger partial charge in [0.25, 0.3) is 0 Å². The number of carbonyl (C=O) groups is 1. The smallest absolute Gasteiger partial charge is 0.241 e. The Labute approximate surface area is 133 Å². The molecule has 118 valence electrons. The monoisotopic (exact) mass is 320 g/mol. The lowest BCUT2D eigenvalue weighted by atomic mass is 10.2. The molecule has 3 rings (SSSR count). The highest BCUT2D eigenvalue weighted by molar-refractivity contribution is 7.05. The Balaban J connectivity index is 1.61. The summed E-state index contributed by atoms with van der Waals surface area (Å²) in [5.41, 5.74) is 0.866. The molecule has 0 bridgehead atoms. The second-order valence-corrected chi connectivity index (χ2v) is 6.67. The van der Waals surface area contributed by atoms with Gasteiger partial charge in [0.15, 0.2) is 0 Å². The number of carbonyl (C=O) groups excluding carboxylic acids is 1. The summed E-state index contributed by atoms with van der Waals surface area (Å²) in [7, 11) is 1.85. The van der Waals surface area contributed by atoms with E-state index in [1.54, 1.807) is 15.8 Å². The van der Waals surface area contributed by atoms with E-state index in [1.165, 1.54) is 11.5 Å². The number of aryl methyl sites for hydroxylation is 1. The lowest BCUT2D eigenvalue weighted by molar-refractivity contribution is -0.121. The van der Waals surface area contributed by atoms with E-state index in [4.69, 9.17) is 0 Å². The van der Waals surface area contributed by atoms with Gasteiger partial charge >= 0.3 is 0 Å². The van der Waals surface area contributed by atoms with Gasteiger partial charge in [0.2, 0.25) is 5.91 Å². The maximum Gasteiger partial charge on any atom is 0.241 e. The Morgan fingerprint density at radius 1 is 1.36 bits per heavy atom. The third-order valence-electron chi connectivity index (χ3n) is 3.66. The first-order chi connectivity index (χ1) is 10.5. The lowest BCUT2D eigenvalue weighted by Gasteiger charge is -2.32. The molecule has 0 unspecified atom stereocenters. The van der Waals surface area contributed by atoms with Crippen molar-refractivity contribution < 1.29 is 4.79 Å². The highest BCUT2D eigenvalue weighted by Gasteiger charge is 2.26. The molecular formula is C14H20N6OS. The zero-order chi connectivity index (χ0) is 15.7. The molecule has 8 heteroatoms. The van der Waals surface area contributed by atoms with Gasteiger partial charge in [-0.2, -0.15) is 9.47 Å². The first kappa shape index (κ1) is 15.1. The number of rotatable bonds is 4. The first-order valence-electron chi connectivity index (χ1n) is 7.37. The predicted octanol–water partition coefficient (Wildman–Crippen LogP) is 1.24. The van der Waals surface area contributed by atoms with Crippen LogP contribution in [0, 0.1) is 0 Å². The summed E-state index contributed by atoms with van der Waals surface area (Å²) in [5, 5.41) is 5.10. The number of amides is 1. The first-order valence-corrected chi connectivity index (χ1v) is 8.14. The average molecular weight is 320 g/mol. The molecule has 1 aliphatic heterocycles. The van der Waals surface area contributed by atoms with Crippen LogP contribution in [-0.4, -0.2) is 49.6 Å². The van der Waals surface area contributed by atoms with E-state index < -0.39 is 0 Å². The highest BCUT2D eigenvalue weighted by atomic mass is 32.1. The molecule has 7 nitrogen and oxygen atoms in total. The number of piperazine rings is 1. The number of hydrogen-bond donors (Lipinski definition) is 0. The standard InChI is InChI=1S/C14H20N6OS/c1-10(2)14-16-12(22-17-14)8-19-4-5-20(13(21)9-19)11-6-15-18(3)7-11/h6-7,10H,4-5,8-9H2,1-3H3. The predicted molar refractivity (Wildman–Crippen MR) is 84.8 cm³/mol. The SMILES string of the molecule is CC(C)c1nsc(CN2CCN(c3cnn(C)c3)C(=O)C2)n1.